The van der Waals surface area contributed by atoms with Gasteiger partial charge in [0.15, 0.2) is 12.4 Å². The van der Waals surface area contributed by atoms with Gasteiger partial charge in [-0.25, -0.2) is 0 Å². The molecule has 0 N–H and O–H groups in total. The lowest BCUT2D eigenvalue weighted by Crippen LogP contribution is -2.44. The average molecular weight is 963 g/mol. The maximum Gasteiger partial charge on any atom is 0.306 e. The van der Waals surface area contributed by atoms with Crippen molar-refractivity contribution >= 4 is 17.9 Å². The molecule has 0 aromatic rings. The molecule has 2 unspecified atom stereocenters. The van der Waals surface area contributed by atoms with E-state index >= 15 is 0 Å². The second-order valence-corrected chi connectivity index (χ2v) is 20.9. The van der Waals surface area contributed by atoms with Gasteiger partial charge in [-0.2, -0.15) is 0 Å². The quantitative estimate of drug-likeness (QED) is 0.0195. The predicted molar refractivity (Wildman–Crippen MR) is 283 cm³/mol. The monoisotopic (exact) mass is 962 g/mol. The molecule has 0 heterocycles. The van der Waals surface area contributed by atoms with E-state index in [1.54, 1.807) is 0 Å². The molecule has 0 saturated carbocycles. The summed E-state index contributed by atoms with van der Waals surface area (Å²) >= 11 is 0. The van der Waals surface area contributed by atoms with Gasteiger partial charge in [-0.05, 0) is 44.9 Å². The first kappa shape index (κ1) is 65.8. The highest BCUT2D eigenvalue weighted by atomic mass is 16.7. The number of rotatable bonds is 54. The summed E-state index contributed by atoms with van der Waals surface area (Å²) in [6.07, 6.45) is 56.5. The highest BCUT2D eigenvalue weighted by Crippen LogP contribution is 2.17. The number of ether oxygens (including phenoxy) is 4. The van der Waals surface area contributed by atoms with Crippen molar-refractivity contribution in [3.63, 3.8) is 0 Å². The number of allylic oxidation sites excluding steroid dienone is 4. The van der Waals surface area contributed by atoms with Gasteiger partial charge in [0.1, 0.15) is 13.2 Å². The molecule has 0 aromatic heterocycles. The Balaban J connectivity index is 4.23. The van der Waals surface area contributed by atoms with Gasteiger partial charge in [0.25, 0.3) is 0 Å². The Morgan fingerprint density at radius 2 is 0.794 bits per heavy atom. The number of carboxylic acids is 1. The second-order valence-electron chi connectivity index (χ2n) is 20.9. The van der Waals surface area contributed by atoms with E-state index in [2.05, 4.69) is 38.2 Å². The van der Waals surface area contributed by atoms with Gasteiger partial charge in [-0.3, -0.25) is 9.59 Å². The number of carbonyl (C=O) groups excluding carboxylic acids is 3. The average Bonchev–Trinajstić information content (AvgIpc) is 3.30. The number of aliphatic carboxylic acids is 1. The van der Waals surface area contributed by atoms with Crippen molar-refractivity contribution < 1.29 is 42.9 Å². The van der Waals surface area contributed by atoms with Crippen molar-refractivity contribution in [3.05, 3.63) is 24.3 Å². The van der Waals surface area contributed by atoms with Crippen LogP contribution in [-0.4, -0.2) is 82.3 Å². The molecule has 0 aromatic carbocycles. The van der Waals surface area contributed by atoms with Crippen LogP contribution in [-0.2, 0) is 33.3 Å². The standard InChI is InChI=1S/C59H111NO8/c1-6-8-10-12-14-16-18-20-22-24-26-28-29-30-32-34-36-38-40-42-44-46-48-50-57(62)68-55(54-67-59(58(63)64)65-52-51-60(3,4)5)53-66-56(61)49-47-45-43-41-39-37-35-33-31-27-25-23-21-19-17-15-13-11-9-7-2/h18,20,24,26,55,59H,6-17,19,21-23,25,27-54H2,1-5H3/b20-18-,26-24-. The van der Waals surface area contributed by atoms with E-state index in [-0.39, 0.29) is 32.2 Å². The third-order valence-corrected chi connectivity index (χ3v) is 13.0. The van der Waals surface area contributed by atoms with Gasteiger partial charge < -0.3 is 33.3 Å². The first-order chi connectivity index (χ1) is 33.1. The number of quaternary nitrogens is 1. The summed E-state index contributed by atoms with van der Waals surface area (Å²) in [4.78, 5) is 37.3. The number of hydrogen-bond donors (Lipinski definition) is 0. The molecule has 2 atom stereocenters. The van der Waals surface area contributed by atoms with E-state index in [0.29, 0.717) is 23.9 Å². The van der Waals surface area contributed by atoms with Crippen LogP contribution < -0.4 is 5.11 Å². The Morgan fingerprint density at radius 3 is 1.16 bits per heavy atom. The van der Waals surface area contributed by atoms with Gasteiger partial charge in [0.05, 0.1) is 40.3 Å². The fraction of sp³-hybridized carbons (Fsp3) is 0.881. The molecule has 0 aliphatic carbocycles. The number of unbranched alkanes of at least 4 members (excludes halogenated alkanes) is 35. The van der Waals surface area contributed by atoms with Gasteiger partial charge >= 0.3 is 11.9 Å². The Kier molecular flexibility index (Phi) is 49.5. The van der Waals surface area contributed by atoms with E-state index in [9.17, 15) is 19.5 Å². The number of esters is 2. The molecular weight excluding hydrogens is 851 g/mol. The maximum absolute atomic E-state index is 12.9. The van der Waals surface area contributed by atoms with Crippen LogP contribution in [0.1, 0.15) is 277 Å². The van der Waals surface area contributed by atoms with Crippen molar-refractivity contribution in [2.45, 2.75) is 289 Å². The maximum atomic E-state index is 12.9. The molecule has 0 amide bonds. The molecule has 0 aliphatic rings. The lowest BCUT2D eigenvalue weighted by Gasteiger charge is -2.26. The fourth-order valence-corrected chi connectivity index (χ4v) is 8.45. The number of nitrogens with zero attached hydrogens (tertiary/aromatic N) is 1. The largest absolute Gasteiger partial charge is 0.545 e. The van der Waals surface area contributed by atoms with E-state index in [4.69, 9.17) is 18.9 Å². The summed E-state index contributed by atoms with van der Waals surface area (Å²) < 4.78 is 22.7. The topological polar surface area (TPSA) is 111 Å². The van der Waals surface area contributed by atoms with E-state index in [1.807, 2.05) is 21.1 Å². The van der Waals surface area contributed by atoms with Crippen LogP contribution in [0.15, 0.2) is 24.3 Å². The van der Waals surface area contributed by atoms with Crippen molar-refractivity contribution in [1.29, 1.82) is 0 Å². The van der Waals surface area contributed by atoms with Gasteiger partial charge in [-0.1, -0.05) is 244 Å². The van der Waals surface area contributed by atoms with Gasteiger partial charge in [0, 0.05) is 12.8 Å². The summed E-state index contributed by atoms with van der Waals surface area (Å²) in [6, 6.07) is 0. The van der Waals surface area contributed by atoms with Crippen LogP contribution in [0.25, 0.3) is 0 Å². The normalized spacial score (nSPS) is 12.9. The Bertz CT molecular complexity index is 1170. The number of likely N-dealkylation sites (N-methyl/N-ethyl adjacent to an activating group) is 1. The van der Waals surface area contributed by atoms with Crippen LogP contribution in [0, 0.1) is 0 Å². The molecule has 0 spiro atoms. The molecule has 0 aliphatic heterocycles. The predicted octanol–water partition coefficient (Wildman–Crippen LogP) is 15.4. The van der Waals surface area contributed by atoms with Crippen molar-refractivity contribution in [2.75, 3.05) is 47.5 Å². The summed E-state index contributed by atoms with van der Waals surface area (Å²) in [5.41, 5.74) is 0. The summed E-state index contributed by atoms with van der Waals surface area (Å²) in [6.45, 7) is 4.78. The summed E-state index contributed by atoms with van der Waals surface area (Å²) in [5, 5.41) is 11.8. The molecule has 9 heteroatoms. The highest BCUT2D eigenvalue weighted by Gasteiger charge is 2.22. The van der Waals surface area contributed by atoms with E-state index < -0.39 is 24.3 Å². The number of hydrogen-bond acceptors (Lipinski definition) is 8. The molecule has 0 rings (SSSR count). The van der Waals surface area contributed by atoms with Gasteiger partial charge in [0.2, 0.25) is 0 Å². The molecule has 0 bridgehead atoms. The van der Waals surface area contributed by atoms with Crippen LogP contribution in [0.4, 0.5) is 0 Å². The SMILES string of the molecule is CCCCCCC/C=C\C/C=C\CCCCCCCCCCCCCC(=O)OC(COC(=O)CCCCCCCCCCCCCCCCCCCCCC)COC(OCC[N+](C)(C)C)C(=O)[O-]. The van der Waals surface area contributed by atoms with Gasteiger partial charge in [-0.15, -0.1) is 0 Å². The van der Waals surface area contributed by atoms with Crippen LogP contribution in [0.2, 0.25) is 0 Å². The first-order valence-corrected chi connectivity index (χ1v) is 29.0. The smallest absolute Gasteiger partial charge is 0.306 e. The molecular formula is C59H111NO8. The minimum absolute atomic E-state index is 0.150. The molecule has 68 heavy (non-hydrogen) atoms. The lowest BCUT2D eigenvalue weighted by molar-refractivity contribution is -0.870. The van der Waals surface area contributed by atoms with E-state index in [0.717, 1.165) is 44.9 Å². The zero-order valence-electron chi connectivity index (χ0n) is 45.5. The molecule has 400 valence electrons. The van der Waals surface area contributed by atoms with Crippen molar-refractivity contribution in [2.24, 2.45) is 0 Å². The van der Waals surface area contributed by atoms with Crippen molar-refractivity contribution in [1.82, 2.24) is 0 Å². The molecule has 9 nitrogen and oxygen atoms in total. The number of carboxylic acid groups (broad SMARTS) is 1. The Labute approximate surface area is 420 Å². The van der Waals surface area contributed by atoms with Crippen LogP contribution in [0.3, 0.4) is 0 Å². The van der Waals surface area contributed by atoms with Crippen molar-refractivity contribution in [3.8, 4) is 0 Å². The Morgan fingerprint density at radius 1 is 0.441 bits per heavy atom. The zero-order valence-corrected chi connectivity index (χ0v) is 45.5. The fourth-order valence-electron chi connectivity index (χ4n) is 8.45. The summed E-state index contributed by atoms with van der Waals surface area (Å²) in [5.74, 6) is -2.26. The third kappa shape index (κ3) is 51.6. The molecule has 0 fully saturated rings. The van der Waals surface area contributed by atoms with Crippen LogP contribution >= 0.6 is 0 Å². The minimum atomic E-state index is -1.62. The third-order valence-electron chi connectivity index (χ3n) is 13.0. The lowest BCUT2D eigenvalue weighted by atomic mass is 10.0. The second kappa shape index (κ2) is 51.1. The summed E-state index contributed by atoms with van der Waals surface area (Å²) in [7, 11) is 5.93. The Hall–Kier alpha value is -2.23. The highest BCUT2D eigenvalue weighted by molar-refractivity contribution is 5.70. The van der Waals surface area contributed by atoms with E-state index in [1.165, 1.54) is 199 Å². The first-order valence-electron chi connectivity index (χ1n) is 29.0. The number of carbonyl (C=O) groups is 3. The van der Waals surface area contributed by atoms with Crippen LogP contribution in [0.5, 0.6) is 0 Å². The molecule has 0 saturated heterocycles. The molecule has 0 radical (unpaired) electrons. The zero-order chi connectivity index (χ0) is 49.9. The minimum Gasteiger partial charge on any atom is -0.545 e.